The molecule has 1 aliphatic rings. The molecule has 1 atom stereocenters. The first-order valence-electron chi connectivity index (χ1n) is 5.14. The fourth-order valence-corrected chi connectivity index (χ4v) is 2.21. The van der Waals surface area contributed by atoms with Crippen LogP contribution in [0.25, 0.3) is 0 Å². The molecule has 1 aliphatic heterocycles. The molecule has 1 heterocycles. The number of hydrogen-bond acceptors (Lipinski definition) is 3. The van der Waals surface area contributed by atoms with Crippen molar-refractivity contribution in [2.75, 3.05) is 18.5 Å². The van der Waals surface area contributed by atoms with Crippen LogP contribution < -0.4 is 11.1 Å². The highest BCUT2D eigenvalue weighted by atomic mass is 127. The Bertz CT molecular complexity index is 447. The average Bonchev–Trinajstić information content (AvgIpc) is 2.71. The predicted molar refractivity (Wildman–Crippen MR) is 70.1 cm³/mol. The van der Waals surface area contributed by atoms with Gasteiger partial charge in [-0.1, -0.05) is 0 Å². The monoisotopic (exact) mass is 350 g/mol. The summed E-state index contributed by atoms with van der Waals surface area (Å²) in [4.78, 5) is 12.0. The summed E-state index contributed by atoms with van der Waals surface area (Å²) in [5.41, 5.74) is 5.51. The molecular weight excluding hydrogens is 338 g/mol. The molecule has 0 aromatic heterocycles. The number of halogens is 2. The van der Waals surface area contributed by atoms with Gasteiger partial charge >= 0.3 is 0 Å². The summed E-state index contributed by atoms with van der Waals surface area (Å²) in [5, 5.41) is 2.70. The van der Waals surface area contributed by atoms with Gasteiger partial charge in [-0.25, -0.2) is 4.39 Å². The van der Waals surface area contributed by atoms with Crippen LogP contribution in [0.3, 0.4) is 0 Å². The molecule has 0 spiro atoms. The van der Waals surface area contributed by atoms with Gasteiger partial charge in [-0.3, -0.25) is 4.79 Å². The van der Waals surface area contributed by atoms with Gasteiger partial charge in [-0.15, -0.1) is 0 Å². The molecule has 1 fully saturated rings. The summed E-state index contributed by atoms with van der Waals surface area (Å²) in [6.45, 7) is 0.709. The normalized spacial score (nSPS) is 23.7. The Labute approximate surface area is 112 Å². The lowest BCUT2D eigenvalue weighted by Gasteiger charge is -2.21. The van der Waals surface area contributed by atoms with Crippen LogP contribution in [0.5, 0.6) is 0 Å². The lowest BCUT2D eigenvalue weighted by Crippen LogP contribution is -2.51. The molecule has 0 radical (unpaired) electrons. The zero-order valence-electron chi connectivity index (χ0n) is 9.00. The van der Waals surface area contributed by atoms with Gasteiger partial charge < -0.3 is 15.8 Å². The van der Waals surface area contributed by atoms with Gasteiger partial charge in [0.2, 0.25) is 5.91 Å². The highest BCUT2D eigenvalue weighted by Gasteiger charge is 2.38. The van der Waals surface area contributed by atoms with Crippen molar-refractivity contribution >= 4 is 34.2 Å². The Hall–Kier alpha value is -0.730. The van der Waals surface area contributed by atoms with Crippen LogP contribution in [0.15, 0.2) is 18.2 Å². The Morgan fingerprint density at radius 3 is 2.94 bits per heavy atom. The van der Waals surface area contributed by atoms with E-state index in [0.717, 1.165) is 0 Å². The van der Waals surface area contributed by atoms with E-state index in [0.29, 0.717) is 22.3 Å². The fourth-order valence-electron chi connectivity index (χ4n) is 1.60. The molecule has 2 rings (SSSR count). The van der Waals surface area contributed by atoms with E-state index in [-0.39, 0.29) is 18.3 Å². The second kappa shape index (κ2) is 4.87. The number of nitrogens with two attached hydrogens (primary N) is 1. The number of amides is 1. The highest BCUT2D eigenvalue weighted by Crippen LogP contribution is 2.22. The number of nitrogens with one attached hydrogen (secondary N) is 1. The summed E-state index contributed by atoms with van der Waals surface area (Å²) >= 11 is 1.96. The van der Waals surface area contributed by atoms with E-state index in [1.165, 1.54) is 18.2 Å². The summed E-state index contributed by atoms with van der Waals surface area (Å²) in [7, 11) is 0. The third-order valence-corrected chi connectivity index (χ3v) is 3.58. The quantitative estimate of drug-likeness (QED) is 0.795. The lowest BCUT2D eigenvalue weighted by molar-refractivity contribution is -0.121. The maximum Gasteiger partial charge on any atom is 0.246 e. The van der Waals surface area contributed by atoms with E-state index >= 15 is 0 Å². The van der Waals surface area contributed by atoms with Crippen molar-refractivity contribution in [2.45, 2.75) is 12.0 Å². The van der Waals surface area contributed by atoms with Gasteiger partial charge in [-0.2, -0.15) is 0 Å². The number of anilines is 1. The molecule has 1 amide bonds. The van der Waals surface area contributed by atoms with Crippen LogP contribution in [0.1, 0.15) is 6.42 Å². The van der Waals surface area contributed by atoms with Crippen LogP contribution >= 0.6 is 22.6 Å². The van der Waals surface area contributed by atoms with Crippen LogP contribution in [0.4, 0.5) is 10.1 Å². The second-order valence-corrected chi connectivity index (χ2v) is 5.20. The molecule has 6 heteroatoms. The first-order valence-corrected chi connectivity index (χ1v) is 6.22. The number of benzene rings is 1. The molecule has 3 N–H and O–H groups in total. The third-order valence-electron chi connectivity index (χ3n) is 2.68. The Balaban J connectivity index is 2.13. The minimum absolute atomic E-state index is 0.219. The van der Waals surface area contributed by atoms with E-state index in [9.17, 15) is 9.18 Å². The van der Waals surface area contributed by atoms with Crippen molar-refractivity contribution in [1.82, 2.24) is 0 Å². The van der Waals surface area contributed by atoms with E-state index in [1.807, 2.05) is 22.6 Å². The second-order valence-electron chi connectivity index (χ2n) is 4.04. The van der Waals surface area contributed by atoms with Gasteiger partial charge in [0.05, 0.1) is 12.3 Å². The molecule has 1 unspecified atom stereocenters. The Morgan fingerprint density at radius 2 is 2.35 bits per heavy atom. The van der Waals surface area contributed by atoms with Gasteiger partial charge in [-0.05, 0) is 47.2 Å². The standard InChI is InChI=1S/C11H12FIN2O2/c12-7-1-2-9(8(13)5-7)15-10(16)11(14)3-4-17-6-11/h1-2,5H,3-4,6,14H2,(H,15,16). The zero-order valence-corrected chi connectivity index (χ0v) is 11.2. The molecule has 0 saturated carbocycles. The summed E-state index contributed by atoms with van der Waals surface area (Å²) < 4.78 is 18.7. The number of carbonyl (C=O) groups excluding carboxylic acids is 1. The predicted octanol–water partition coefficient (Wildman–Crippen LogP) is 1.49. The van der Waals surface area contributed by atoms with Crippen LogP contribution in [0.2, 0.25) is 0 Å². The van der Waals surface area contributed by atoms with Gasteiger partial charge in [0.1, 0.15) is 11.4 Å². The molecule has 17 heavy (non-hydrogen) atoms. The molecule has 92 valence electrons. The van der Waals surface area contributed by atoms with Gasteiger partial charge in [0.25, 0.3) is 0 Å². The number of ether oxygens (including phenoxy) is 1. The van der Waals surface area contributed by atoms with Crippen molar-refractivity contribution in [3.05, 3.63) is 27.6 Å². The molecule has 0 aliphatic carbocycles. The largest absolute Gasteiger partial charge is 0.379 e. The van der Waals surface area contributed by atoms with E-state index in [4.69, 9.17) is 10.5 Å². The van der Waals surface area contributed by atoms with Crippen LogP contribution in [0, 0.1) is 9.39 Å². The Morgan fingerprint density at radius 1 is 1.59 bits per heavy atom. The smallest absolute Gasteiger partial charge is 0.246 e. The first-order chi connectivity index (χ1) is 8.01. The topological polar surface area (TPSA) is 64.4 Å². The zero-order chi connectivity index (χ0) is 12.5. The average molecular weight is 350 g/mol. The van der Waals surface area contributed by atoms with Crippen molar-refractivity contribution in [2.24, 2.45) is 5.73 Å². The third kappa shape index (κ3) is 2.75. The highest BCUT2D eigenvalue weighted by molar-refractivity contribution is 14.1. The molecule has 1 aromatic rings. The van der Waals surface area contributed by atoms with Gasteiger partial charge in [0.15, 0.2) is 0 Å². The van der Waals surface area contributed by atoms with E-state index in [2.05, 4.69) is 5.32 Å². The van der Waals surface area contributed by atoms with Crippen LogP contribution in [-0.2, 0) is 9.53 Å². The van der Waals surface area contributed by atoms with Crippen LogP contribution in [-0.4, -0.2) is 24.7 Å². The van der Waals surface area contributed by atoms with Crippen molar-refractivity contribution in [3.63, 3.8) is 0 Å². The number of carbonyl (C=O) groups is 1. The maximum absolute atomic E-state index is 12.9. The maximum atomic E-state index is 12.9. The Kier molecular flexibility index (Phi) is 3.64. The minimum Gasteiger partial charge on any atom is -0.379 e. The number of hydrogen-bond donors (Lipinski definition) is 2. The van der Waals surface area contributed by atoms with Crippen molar-refractivity contribution in [3.8, 4) is 0 Å². The molecular formula is C11H12FIN2O2. The molecule has 0 bridgehead atoms. The first kappa shape index (κ1) is 12.7. The van der Waals surface area contributed by atoms with Crippen molar-refractivity contribution < 1.29 is 13.9 Å². The SMILES string of the molecule is NC1(C(=O)Nc2ccc(F)cc2I)CCOC1. The minimum atomic E-state index is -0.975. The summed E-state index contributed by atoms with van der Waals surface area (Å²) in [6, 6.07) is 4.17. The van der Waals surface area contributed by atoms with Crippen molar-refractivity contribution in [1.29, 1.82) is 0 Å². The van der Waals surface area contributed by atoms with Gasteiger partial charge in [0, 0.05) is 10.2 Å². The summed E-state index contributed by atoms with van der Waals surface area (Å²) in [5.74, 6) is -0.626. The van der Waals surface area contributed by atoms with E-state index in [1.54, 1.807) is 0 Å². The molecule has 1 aromatic carbocycles. The summed E-state index contributed by atoms with van der Waals surface area (Å²) in [6.07, 6.45) is 0.497. The fraction of sp³-hybridized carbons (Fsp3) is 0.364. The van der Waals surface area contributed by atoms with E-state index < -0.39 is 5.54 Å². The lowest BCUT2D eigenvalue weighted by atomic mass is 9.99. The number of rotatable bonds is 2. The molecule has 4 nitrogen and oxygen atoms in total. The molecule has 1 saturated heterocycles.